The summed E-state index contributed by atoms with van der Waals surface area (Å²) in [5.74, 6) is 2.31. The van der Waals surface area contributed by atoms with Gasteiger partial charge in [0.25, 0.3) is 0 Å². The molecule has 1 aliphatic rings. The number of amides is 1. The van der Waals surface area contributed by atoms with Gasteiger partial charge < -0.3 is 26.0 Å². The molecule has 5 aromatic rings. The first-order chi connectivity index (χ1) is 20.7. The fraction of sp³-hybridized carbons (Fsp3) is 0.344. The third kappa shape index (κ3) is 5.94. The molecule has 11 nitrogen and oxygen atoms in total. The highest BCUT2D eigenvalue weighted by molar-refractivity contribution is 5.98. The highest BCUT2D eigenvalue weighted by Gasteiger charge is 2.30. The van der Waals surface area contributed by atoms with Gasteiger partial charge in [0.2, 0.25) is 5.91 Å². The fourth-order valence-corrected chi connectivity index (χ4v) is 5.44. The summed E-state index contributed by atoms with van der Waals surface area (Å²) in [4.78, 5) is 21.8. The highest BCUT2D eigenvalue weighted by atomic mass is 16.5. The summed E-state index contributed by atoms with van der Waals surface area (Å²) < 4.78 is 13.3. The summed E-state index contributed by atoms with van der Waals surface area (Å²) in [6, 6.07) is 18.4. The number of nitrogens with one attached hydrogen (secondary N) is 1. The van der Waals surface area contributed by atoms with Gasteiger partial charge in [-0.2, -0.15) is 5.10 Å². The van der Waals surface area contributed by atoms with Gasteiger partial charge in [0.1, 0.15) is 46.8 Å². The van der Waals surface area contributed by atoms with Gasteiger partial charge in [-0.25, -0.2) is 14.6 Å². The normalized spacial score (nSPS) is 18.0. The van der Waals surface area contributed by atoms with Gasteiger partial charge in [0.05, 0.1) is 11.4 Å². The smallest absolute Gasteiger partial charge is 0.243 e. The molecule has 5 N–H and O–H groups in total. The van der Waals surface area contributed by atoms with Crippen molar-refractivity contribution in [1.29, 1.82) is 0 Å². The average molecular weight is 581 g/mol. The summed E-state index contributed by atoms with van der Waals surface area (Å²) in [7, 11) is 0. The highest BCUT2D eigenvalue weighted by Crippen LogP contribution is 2.37. The second-order valence-electron chi connectivity index (χ2n) is 12.0. The summed E-state index contributed by atoms with van der Waals surface area (Å²) in [6.07, 6.45) is 4.64. The molecule has 3 aromatic heterocycles. The van der Waals surface area contributed by atoms with Crippen LogP contribution in [0.4, 0.5) is 5.82 Å². The molecule has 1 atom stereocenters. The first-order valence-electron chi connectivity index (χ1n) is 14.5. The minimum Gasteiger partial charge on any atom is -0.457 e. The third-order valence-corrected chi connectivity index (χ3v) is 7.88. The maximum atomic E-state index is 12.9. The standard InChI is InChI=1S/C32H36N8O3/c1-32(2,3)25-17-24(39-43-25)27(33)31(41)37-20-11-13-21(14-12-20)40-30-26(29(34)35-18-36-30)28(38-40)19-9-15-23(16-10-19)42-22-7-5-4-6-8-22/h4-10,15-18,20-21,27H,11-14,33H2,1-3H3,(H,37,41)(H2,34,35,36)/t20?,21?,27-/m0/s1. The molecule has 0 aliphatic heterocycles. The number of hydrogen-bond donors (Lipinski definition) is 3. The molecule has 1 saturated carbocycles. The predicted octanol–water partition coefficient (Wildman–Crippen LogP) is 5.45. The lowest BCUT2D eigenvalue weighted by Crippen LogP contribution is -2.42. The van der Waals surface area contributed by atoms with Gasteiger partial charge >= 0.3 is 0 Å². The second-order valence-corrected chi connectivity index (χ2v) is 12.0. The molecule has 0 bridgehead atoms. The number of carbonyl (C=O) groups is 1. The van der Waals surface area contributed by atoms with Crippen LogP contribution in [0, 0.1) is 0 Å². The average Bonchev–Trinajstić information content (AvgIpc) is 3.65. The number of aromatic nitrogens is 5. The Morgan fingerprint density at radius 3 is 2.40 bits per heavy atom. The van der Waals surface area contributed by atoms with Gasteiger partial charge in [-0.1, -0.05) is 44.1 Å². The number of fused-ring (bicyclic) bond motifs is 1. The molecule has 6 rings (SSSR count). The van der Waals surface area contributed by atoms with E-state index < -0.39 is 6.04 Å². The topological polar surface area (TPSA) is 160 Å². The molecule has 2 aromatic carbocycles. The molecule has 1 aliphatic carbocycles. The van der Waals surface area contributed by atoms with Crippen molar-refractivity contribution in [1.82, 2.24) is 30.2 Å². The van der Waals surface area contributed by atoms with Crippen molar-refractivity contribution >= 4 is 22.8 Å². The van der Waals surface area contributed by atoms with Crippen molar-refractivity contribution in [3.05, 3.63) is 78.4 Å². The summed E-state index contributed by atoms with van der Waals surface area (Å²) >= 11 is 0. The van der Waals surface area contributed by atoms with E-state index in [2.05, 4.69) is 20.4 Å². The van der Waals surface area contributed by atoms with Crippen LogP contribution in [0.25, 0.3) is 22.3 Å². The largest absolute Gasteiger partial charge is 0.457 e. The molecule has 0 radical (unpaired) electrons. The Hall–Kier alpha value is -4.77. The first kappa shape index (κ1) is 28.4. The minimum atomic E-state index is -0.889. The molecule has 0 spiro atoms. The molecular formula is C32H36N8O3. The van der Waals surface area contributed by atoms with Crippen LogP contribution in [-0.4, -0.2) is 36.9 Å². The number of carbonyl (C=O) groups excluding carboxylic acids is 1. The number of anilines is 1. The van der Waals surface area contributed by atoms with E-state index in [1.54, 1.807) is 6.07 Å². The Bertz CT molecular complexity index is 1720. The van der Waals surface area contributed by atoms with E-state index in [0.717, 1.165) is 53.8 Å². The molecule has 222 valence electrons. The number of para-hydroxylation sites is 1. The molecule has 11 heteroatoms. The molecule has 1 amide bonds. The number of nitrogen functional groups attached to an aromatic ring is 1. The molecule has 1 fully saturated rings. The predicted molar refractivity (Wildman–Crippen MR) is 163 cm³/mol. The van der Waals surface area contributed by atoms with Crippen LogP contribution < -0.4 is 21.5 Å². The summed E-state index contributed by atoms with van der Waals surface area (Å²) in [5, 5.41) is 12.9. The van der Waals surface area contributed by atoms with Gasteiger partial charge in [-0.05, 0) is 62.1 Å². The molecule has 43 heavy (non-hydrogen) atoms. The lowest BCUT2D eigenvalue weighted by atomic mass is 9.91. The quantitative estimate of drug-likeness (QED) is 0.227. The van der Waals surface area contributed by atoms with Crippen molar-refractivity contribution < 1.29 is 14.1 Å². The first-order valence-corrected chi connectivity index (χ1v) is 14.5. The van der Waals surface area contributed by atoms with Crippen molar-refractivity contribution in [2.75, 3.05) is 5.73 Å². The Labute approximate surface area is 249 Å². The second kappa shape index (κ2) is 11.5. The number of rotatable bonds is 7. The van der Waals surface area contributed by atoms with Crippen molar-refractivity contribution in [2.24, 2.45) is 5.73 Å². The lowest BCUT2D eigenvalue weighted by Gasteiger charge is -2.30. The van der Waals surface area contributed by atoms with Crippen molar-refractivity contribution in [3.63, 3.8) is 0 Å². The Kier molecular flexibility index (Phi) is 7.57. The number of benzene rings is 2. The zero-order valence-corrected chi connectivity index (χ0v) is 24.5. The maximum Gasteiger partial charge on any atom is 0.243 e. The van der Waals surface area contributed by atoms with E-state index in [9.17, 15) is 4.79 Å². The lowest BCUT2D eigenvalue weighted by molar-refractivity contribution is -0.123. The Balaban J connectivity index is 1.15. The van der Waals surface area contributed by atoms with Crippen LogP contribution in [0.2, 0.25) is 0 Å². The van der Waals surface area contributed by atoms with Gasteiger partial charge in [-0.15, -0.1) is 0 Å². The number of nitrogens with two attached hydrogens (primary N) is 2. The van der Waals surface area contributed by atoms with E-state index in [1.807, 2.05) is 80.1 Å². The monoisotopic (exact) mass is 580 g/mol. The molecular weight excluding hydrogens is 544 g/mol. The van der Waals surface area contributed by atoms with Crippen LogP contribution in [-0.2, 0) is 10.2 Å². The van der Waals surface area contributed by atoms with Crippen molar-refractivity contribution in [3.8, 4) is 22.8 Å². The zero-order valence-electron chi connectivity index (χ0n) is 24.5. The van der Waals surface area contributed by atoms with Gasteiger partial charge in [-0.3, -0.25) is 4.79 Å². The summed E-state index contributed by atoms with van der Waals surface area (Å²) in [5.41, 5.74) is 15.1. The fourth-order valence-electron chi connectivity index (χ4n) is 5.44. The SMILES string of the molecule is CC(C)(C)c1cc([C@H](N)C(=O)NC2CCC(n3nc(-c4ccc(Oc5ccccc5)cc4)c4c(N)ncnc43)CC2)no1. The van der Waals surface area contributed by atoms with Crippen LogP contribution in [0.3, 0.4) is 0 Å². The zero-order chi connectivity index (χ0) is 30.1. The van der Waals surface area contributed by atoms with E-state index >= 15 is 0 Å². The van der Waals surface area contributed by atoms with Crippen LogP contribution in [0.1, 0.15) is 70.0 Å². The molecule has 0 saturated heterocycles. The minimum absolute atomic E-state index is 0.00179. The number of ether oxygens (including phenoxy) is 1. The maximum absolute atomic E-state index is 12.9. The third-order valence-electron chi connectivity index (χ3n) is 7.88. The number of hydrogen-bond acceptors (Lipinski definition) is 9. The van der Waals surface area contributed by atoms with Gasteiger partial charge in [0, 0.05) is 23.1 Å². The van der Waals surface area contributed by atoms with Gasteiger partial charge in [0.15, 0.2) is 5.65 Å². The van der Waals surface area contributed by atoms with E-state index in [4.69, 9.17) is 25.8 Å². The molecule has 0 unspecified atom stereocenters. The Morgan fingerprint density at radius 1 is 1.02 bits per heavy atom. The van der Waals surface area contributed by atoms with Crippen molar-refractivity contribution in [2.45, 2.75) is 70.0 Å². The van der Waals surface area contributed by atoms with Crippen LogP contribution >= 0.6 is 0 Å². The summed E-state index contributed by atoms with van der Waals surface area (Å²) in [6.45, 7) is 6.06. The van der Waals surface area contributed by atoms with E-state index in [1.165, 1.54) is 6.33 Å². The van der Waals surface area contributed by atoms with Crippen LogP contribution in [0.15, 0.2) is 71.5 Å². The molecule has 3 heterocycles. The van der Waals surface area contributed by atoms with Crippen LogP contribution in [0.5, 0.6) is 11.5 Å². The van der Waals surface area contributed by atoms with E-state index in [0.29, 0.717) is 22.9 Å². The van der Waals surface area contributed by atoms with E-state index in [-0.39, 0.29) is 23.4 Å². The Morgan fingerprint density at radius 2 is 1.72 bits per heavy atom. The number of nitrogens with zero attached hydrogens (tertiary/aromatic N) is 5.